The lowest BCUT2D eigenvalue weighted by atomic mass is 9.82. The van der Waals surface area contributed by atoms with Crippen LogP contribution < -0.4 is 10.6 Å². The van der Waals surface area contributed by atoms with Crippen LogP contribution in [0.1, 0.15) is 56.4 Å². The van der Waals surface area contributed by atoms with Crippen LogP contribution >= 0.6 is 0 Å². The summed E-state index contributed by atoms with van der Waals surface area (Å²) in [6.45, 7) is 4.03. The molecule has 2 bridgehead atoms. The summed E-state index contributed by atoms with van der Waals surface area (Å²) in [5.41, 5.74) is 1.97. The van der Waals surface area contributed by atoms with Crippen molar-refractivity contribution in [2.45, 2.75) is 70.1 Å². The second-order valence-electron chi connectivity index (χ2n) is 8.00. The van der Waals surface area contributed by atoms with Gasteiger partial charge < -0.3 is 20.0 Å². The van der Waals surface area contributed by atoms with Gasteiger partial charge in [-0.05, 0) is 52.6 Å². The monoisotopic (exact) mass is 355 g/mol. The first-order chi connectivity index (χ1) is 12.5. The highest BCUT2D eigenvalue weighted by molar-refractivity contribution is 5.82. The largest absolute Gasteiger partial charge is 0.459 e. The number of amides is 2. The molecule has 2 aromatic rings. The molecule has 3 heterocycles. The Labute approximate surface area is 155 Å². The fourth-order valence-corrected chi connectivity index (χ4v) is 4.83. The quantitative estimate of drug-likeness (QED) is 0.871. The molecule has 5 nitrogen and oxygen atoms in total. The fraction of sp³-hybridized carbons (Fsp3) is 0.571. The average molecular weight is 355 g/mol. The van der Waals surface area contributed by atoms with E-state index in [2.05, 4.69) is 35.6 Å². The number of furan rings is 1. The van der Waals surface area contributed by atoms with Gasteiger partial charge >= 0.3 is 6.03 Å². The van der Waals surface area contributed by atoms with E-state index in [0.29, 0.717) is 12.1 Å². The standard InChI is InChI=1S/C21H29N3O2/c1-13-18-9-4-5-10-19(18)26-20(13)14(2)22-21(25)23-15-11-16-7-6-8-17(12-15)24(16)3/h4-5,9-10,14-17H,6-8,11-12H2,1-3H3,(H2,22,23,25). The zero-order chi connectivity index (χ0) is 18.3. The number of carbonyl (C=O) groups is 1. The van der Waals surface area contributed by atoms with Crippen molar-refractivity contribution < 1.29 is 9.21 Å². The molecule has 3 unspecified atom stereocenters. The van der Waals surface area contributed by atoms with Gasteiger partial charge in [0.2, 0.25) is 0 Å². The van der Waals surface area contributed by atoms with Crippen molar-refractivity contribution >= 4 is 17.0 Å². The molecule has 0 spiro atoms. The lowest BCUT2D eigenvalue weighted by Crippen LogP contribution is -2.56. The number of benzene rings is 1. The normalized spacial score (nSPS) is 27.3. The van der Waals surface area contributed by atoms with Crippen molar-refractivity contribution in [2.24, 2.45) is 0 Å². The summed E-state index contributed by atoms with van der Waals surface area (Å²) in [5, 5.41) is 7.38. The second-order valence-corrected chi connectivity index (χ2v) is 8.00. The Hall–Kier alpha value is -2.01. The van der Waals surface area contributed by atoms with Crippen LogP contribution in [0.5, 0.6) is 0 Å². The molecule has 2 aliphatic rings. The summed E-state index contributed by atoms with van der Waals surface area (Å²) >= 11 is 0. The zero-order valence-corrected chi connectivity index (χ0v) is 15.9. The Morgan fingerprint density at radius 2 is 1.92 bits per heavy atom. The molecule has 2 saturated heterocycles. The summed E-state index contributed by atoms with van der Waals surface area (Å²) < 4.78 is 5.98. The summed E-state index contributed by atoms with van der Waals surface area (Å²) in [6.07, 6.45) is 5.93. The van der Waals surface area contributed by atoms with E-state index in [4.69, 9.17) is 4.42 Å². The van der Waals surface area contributed by atoms with Gasteiger partial charge in [0.05, 0.1) is 6.04 Å². The third-order valence-electron chi connectivity index (χ3n) is 6.30. The first-order valence-electron chi connectivity index (χ1n) is 9.80. The number of hydrogen-bond acceptors (Lipinski definition) is 3. The molecule has 3 atom stereocenters. The molecule has 2 aliphatic heterocycles. The smallest absolute Gasteiger partial charge is 0.315 e. The second kappa shape index (κ2) is 6.95. The fourth-order valence-electron chi connectivity index (χ4n) is 4.83. The highest BCUT2D eigenvalue weighted by atomic mass is 16.3. The van der Waals surface area contributed by atoms with Gasteiger partial charge in [-0.25, -0.2) is 4.79 Å². The van der Waals surface area contributed by atoms with E-state index in [-0.39, 0.29) is 18.1 Å². The Kier molecular flexibility index (Phi) is 4.65. The van der Waals surface area contributed by atoms with Crippen molar-refractivity contribution in [1.82, 2.24) is 15.5 Å². The first-order valence-corrected chi connectivity index (χ1v) is 9.80. The maximum atomic E-state index is 12.5. The van der Waals surface area contributed by atoms with E-state index in [9.17, 15) is 4.79 Å². The molecule has 0 saturated carbocycles. The number of nitrogens with one attached hydrogen (secondary N) is 2. The number of hydrogen-bond donors (Lipinski definition) is 2. The average Bonchev–Trinajstić information content (AvgIpc) is 2.93. The number of carbonyl (C=O) groups excluding carboxylic acids is 1. The van der Waals surface area contributed by atoms with Gasteiger partial charge in [0.25, 0.3) is 0 Å². The van der Waals surface area contributed by atoms with Crippen molar-refractivity contribution in [2.75, 3.05) is 7.05 Å². The summed E-state index contributed by atoms with van der Waals surface area (Å²) in [6, 6.07) is 9.25. The van der Waals surface area contributed by atoms with Gasteiger partial charge in [-0.1, -0.05) is 24.6 Å². The number of rotatable bonds is 3. The third kappa shape index (κ3) is 3.20. The predicted octanol–water partition coefficient (Wildman–Crippen LogP) is 4.12. The van der Waals surface area contributed by atoms with Gasteiger partial charge in [0.15, 0.2) is 0 Å². The van der Waals surface area contributed by atoms with E-state index in [1.54, 1.807) is 0 Å². The molecule has 0 radical (unpaired) electrons. The van der Waals surface area contributed by atoms with Crippen LogP contribution in [0.4, 0.5) is 4.79 Å². The molecule has 1 aromatic heterocycles. The van der Waals surface area contributed by atoms with Crippen LogP contribution in [0.3, 0.4) is 0 Å². The molecule has 1 aromatic carbocycles. The summed E-state index contributed by atoms with van der Waals surface area (Å²) in [4.78, 5) is 15.1. The maximum absolute atomic E-state index is 12.5. The van der Waals surface area contributed by atoms with Crippen LogP contribution in [-0.4, -0.2) is 36.1 Å². The number of piperidine rings is 2. The topological polar surface area (TPSA) is 57.5 Å². The molecule has 140 valence electrons. The highest BCUT2D eigenvalue weighted by Gasteiger charge is 2.36. The van der Waals surface area contributed by atoms with Crippen molar-refractivity contribution in [1.29, 1.82) is 0 Å². The Morgan fingerprint density at radius 1 is 1.23 bits per heavy atom. The van der Waals surface area contributed by atoms with Crippen LogP contribution in [0.15, 0.2) is 28.7 Å². The van der Waals surface area contributed by atoms with Crippen molar-refractivity contribution in [3.05, 3.63) is 35.6 Å². The Morgan fingerprint density at radius 3 is 2.62 bits per heavy atom. The van der Waals surface area contributed by atoms with Crippen LogP contribution in [0.2, 0.25) is 0 Å². The summed E-state index contributed by atoms with van der Waals surface area (Å²) in [7, 11) is 2.23. The first kappa shape index (κ1) is 17.4. The van der Waals surface area contributed by atoms with Crippen LogP contribution in [-0.2, 0) is 0 Å². The molecule has 4 rings (SSSR count). The molecular formula is C21H29N3O2. The third-order valence-corrected chi connectivity index (χ3v) is 6.30. The predicted molar refractivity (Wildman–Crippen MR) is 103 cm³/mol. The molecule has 2 N–H and O–H groups in total. The van der Waals surface area contributed by atoms with Crippen LogP contribution in [0.25, 0.3) is 11.0 Å². The summed E-state index contributed by atoms with van der Waals surface area (Å²) in [5.74, 6) is 0.835. The number of nitrogens with zero attached hydrogens (tertiary/aromatic N) is 1. The number of para-hydroxylation sites is 1. The SMILES string of the molecule is Cc1c(C(C)NC(=O)NC2CC3CCCC(C2)N3C)oc2ccccc12. The van der Waals surface area contributed by atoms with Crippen molar-refractivity contribution in [3.63, 3.8) is 0 Å². The van der Waals surface area contributed by atoms with E-state index in [1.165, 1.54) is 19.3 Å². The van der Waals surface area contributed by atoms with Crippen LogP contribution in [0, 0.1) is 6.92 Å². The molecule has 5 heteroatoms. The van der Waals surface area contributed by atoms with Gasteiger partial charge in [-0.2, -0.15) is 0 Å². The van der Waals surface area contributed by atoms with E-state index >= 15 is 0 Å². The lowest BCUT2D eigenvalue weighted by molar-refractivity contribution is 0.0508. The van der Waals surface area contributed by atoms with E-state index in [0.717, 1.165) is 35.1 Å². The van der Waals surface area contributed by atoms with Crippen molar-refractivity contribution in [3.8, 4) is 0 Å². The Bertz CT molecular complexity index is 786. The number of aryl methyl sites for hydroxylation is 1. The zero-order valence-electron chi connectivity index (χ0n) is 15.9. The molecule has 2 fully saturated rings. The van der Waals surface area contributed by atoms with E-state index < -0.39 is 0 Å². The minimum absolute atomic E-state index is 0.0926. The van der Waals surface area contributed by atoms with Gasteiger partial charge in [0, 0.05) is 29.1 Å². The minimum Gasteiger partial charge on any atom is -0.459 e. The van der Waals surface area contributed by atoms with Gasteiger partial charge in [-0.15, -0.1) is 0 Å². The molecular weight excluding hydrogens is 326 g/mol. The molecule has 0 aliphatic carbocycles. The maximum Gasteiger partial charge on any atom is 0.315 e. The van der Waals surface area contributed by atoms with Gasteiger partial charge in [-0.3, -0.25) is 0 Å². The van der Waals surface area contributed by atoms with E-state index in [1.807, 2.05) is 25.1 Å². The minimum atomic E-state index is -0.159. The highest BCUT2D eigenvalue weighted by Crippen LogP contribution is 2.33. The Balaban J connectivity index is 1.39. The number of fused-ring (bicyclic) bond motifs is 3. The van der Waals surface area contributed by atoms with Gasteiger partial charge in [0.1, 0.15) is 11.3 Å². The lowest BCUT2D eigenvalue weighted by Gasteiger charge is -2.47. The molecule has 2 amide bonds. The molecule has 26 heavy (non-hydrogen) atoms. The number of urea groups is 1.